The largest absolute Gasteiger partial charge is 0.492 e. The number of H-pyrrole nitrogens is 1. The van der Waals surface area contributed by atoms with Gasteiger partial charge in [-0.25, -0.2) is 4.98 Å². The molecule has 3 N–H and O–H groups in total. The molecule has 0 unspecified atom stereocenters. The minimum atomic E-state index is -4.47. The van der Waals surface area contributed by atoms with Crippen molar-refractivity contribution in [2.24, 2.45) is 5.73 Å². The number of hydrogen-bond acceptors (Lipinski definition) is 3. The van der Waals surface area contributed by atoms with Gasteiger partial charge in [0.1, 0.15) is 12.4 Å². The van der Waals surface area contributed by atoms with E-state index in [1.165, 1.54) is 0 Å². The summed E-state index contributed by atoms with van der Waals surface area (Å²) in [6, 6.07) is 6.64. The van der Waals surface area contributed by atoms with Gasteiger partial charge in [0.2, 0.25) is 5.82 Å². The summed E-state index contributed by atoms with van der Waals surface area (Å²) < 4.78 is 42.5. The molecule has 0 saturated heterocycles. The van der Waals surface area contributed by atoms with Crippen molar-refractivity contribution in [2.75, 3.05) is 13.2 Å². The molecule has 19 heavy (non-hydrogen) atoms. The third-order valence-corrected chi connectivity index (χ3v) is 2.40. The van der Waals surface area contributed by atoms with Crippen LogP contribution >= 0.6 is 0 Å². The minimum Gasteiger partial charge on any atom is -0.492 e. The van der Waals surface area contributed by atoms with Crippen LogP contribution in [-0.4, -0.2) is 23.1 Å². The van der Waals surface area contributed by atoms with Crippen LogP contribution in [0.1, 0.15) is 5.82 Å². The predicted molar refractivity (Wildman–Crippen MR) is 63.6 cm³/mol. The van der Waals surface area contributed by atoms with Crippen LogP contribution < -0.4 is 10.5 Å². The lowest BCUT2D eigenvalue weighted by atomic mass is 10.2. The molecule has 2 aromatic rings. The molecule has 0 spiro atoms. The number of rotatable bonds is 4. The number of aromatic nitrogens is 2. The normalized spacial score (nSPS) is 11.6. The van der Waals surface area contributed by atoms with Gasteiger partial charge in [-0.3, -0.25) is 0 Å². The highest BCUT2D eigenvalue weighted by atomic mass is 19.4. The lowest BCUT2D eigenvalue weighted by Crippen LogP contribution is -2.10. The van der Waals surface area contributed by atoms with Gasteiger partial charge in [-0.15, -0.1) is 0 Å². The number of halogens is 3. The Hall–Kier alpha value is -2.02. The van der Waals surface area contributed by atoms with Crippen LogP contribution in [0.2, 0.25) is 0 Å². The zero-order valence-electron chi connectivity index (χ0n) is 9.87. The molecule has 0 atom stereocenters. The molecule has 0 aliphatic rings. The molecular weight excluding hydrogens is 259 g/mol. The molecule has 0 fully saturated rings. The maximum absolute atomic E-state index is 12.4. The Morgan fingerprint density at radius 1 is 1.21 bits per heavy atom. The summed E-state index contributed by atoms with van der Waals surface area (Å²) in [5, 5.41) is 0. The molecule has 7 heteroatoms. The van der Waals surface area contributed by atoms with E-state index in [2.05, 4.69) is 9.97 Å². The number of nitrogens with one attached hydrogen (secondary N) is 1. The van der Waals surface area contributed by atoms with Crippen LogP contribution in [0, 0.1) is 0 Å². The van der Waals surface area contributed by atoms with E-state index in [0.29, 0.717) is 30.2 Å². The Labute approximate surface area is 107 Å². The van der Waals surface area contributed by atoms with Crippen molar-refractivity contribution < 1.29 is 17.9 Å². The van der Waals surface area contributed by atoms with E-state index in [4.69, 9.17) is 10.5 Å². The number of hydrogen-bond donors (Lipinski definition) is 2. The van der Waals surface area contributed by atoms with Gasteiger partial charge < -0.3 is 15.5 Å². The first-order chi connectivity index (χ1) is 9.00. The molecule has 2 rings (SSSR count). The molecule has 1 aromatic carbocycles. The fourth-order valence-corrected chi connectivity index (χ4v) is 1.52. The Balaban J connectivity index is 2.16. The quantitative estimate of drug-likeness (QED) is 0.897. The summed E-state index contributed by atoms with van der Waals surface area (Å²) in [5.41, 5.74) is 6.20. The van der Waals surface area contributed by atoms with Gasteiger partial charge in [0.25, 0.3) is 0 Å². The number of benzene rings is 1. The molecule has 0 saturated carbocycles. The Morgan fingerprint density at radius 2 is 1.89 bits per heavy atom. The topological polar surface area (TPSA) is 63.9 Å². The summed E-state index contributed by atoms with van der Waals surface area (Å²) >= 11 is 0. The van der Waals surface area contributed by atoms with Crippen molar-refractivity contribution in [3.8, 4) is 17.0 Å². The summed E-state index contributed by atoms with van der Waals surface area (Å²) in [4.78, 5) is 5.54. The van der Waals surface area contributed by atoms with E-state index in [1.807, 2.05) is 0 Å². The van der Waals surface area contributed by atoms with E-state index < -0.39 is 12.0 Å². The van der Waals surface area contributed by atoms with E-state index in [9.17, 15) is 13.2 Å². The van der Waals surface area contributed by atoms with Crippen LogP contribution in [-0.2, 0) is 6.18 Å². The molecule has 0 aliphatic heterocycles. The smallest absolute Gasteiger partial charge is 0.449 e. The van der Waals surface area contributed by atoms with Crippen LogP contribution in [0.5, 0.6) is 5.75 Å². The number of nitrogens with zero attached hydrogens (tertiary/aromatic N) is 1. The lowest BCUT2D eigenvalue weighted by Gasteiger charge is -2.05. The number of aromatic amines is 1. The van der Waals surface area contributed by atoms with Crippen LogP contribution in [0.15, 0.2) is 30.5 Å². The molecular formula is C12H12F3N3O. The second kappa shape index (κ2) is 5.31. The number of ether oxygens (including phenoxy) is 1. The monoisotopic (exact) mass is 271 g/mol. The average molecular weight is 271 g/mol. The van der Waals surface area contributed by atoms with Crippen molar-refractivity contribution in [3.63, 3.8) is 0 Å². The molecule has 0 radical (unpaired) electrons. The van der Waals surface area contributed by atoms with Crippen LogP contribution in [0.25, 0.3) is 11.3 Å². The van der Waals surface area contributed by atoms with E-state index in [1.54, 1.807) is 24.3 Å². The predicted octanol–water partition coefficient (Wildman–Crippen LogP) is 2.43. The zero-order valence-corrected chi connectivity index (χ0v) is 9.87. The molecule has 0 amide bonds. The molecule has 1 aromatic heterocycles. The van der Waals surface area contributed by atoms with Gasteiger partial charge >= 0.3 is 6.18 Å². The lowest BCUT2D eigenvalue weighted by molar-refractivity contribution is -0.144. The maximum Gasteiger partial charge on any atom is 0.449 e. The van der Waals surface area contributed by atoms with Gasteiger partial charge in [0, 0.05) is 6.54 Å². The van der Waals surface area contributed by atoms with Crippen LogP contribution in [0.3, 0.4) is 0 Å². The summed E-state index contributed by atoms with van der Waals surface area (Å²) in [6.07, 6.45) is -3.32. The van der Waals surface area contributed by atoms with Gasteiger partial charge in [0.15, 0.2) is 0 Å². The number of nitrogens with two attached hydrogens (primary N) is 1. The van der Waals surface area contributed by atoms with Crippen molar-refractivity contribution in [1.82, 2.24) is 9.97 Å². The van der Waals surface area contributed by atoms with Crippen molar-refractivity contribution >= 4 is 0 Å². The minimum absolute atomic E-state index is 0.303. The highest BCUT2D eigenvalue weighted by molar-refractivity contribution is 5.59. The Bertz CT molecular complexity index is 534. The number of imidazole rings is 1. The highest BCUT2D eigenvalue weighted by Crippen LogP contribution is 2.29. The summed E-state index contributed by atoms with van der Waals surface area (Å²) in [6.45, 7) is 0.791. The molecule has 1 heterocycles. The van der Waals surface area contributed by atoms with E-state index in [0.717, 1.165) is 6.20 Å². The maximum atomic E-state index is 12.4. The van der Waals surface area contributed by atoms with Gasteiger partial charge in [-0.1, -0.05) is 0 Å². The molecule has 4 nitrogen and oxygen atoms in total. The van der Waals surface area contributed by atoms with E-state index in [-0.39, 0.29) is 0 Å². The standard InChI is InChI=1S/C12H12F3N3O/c13-12(14,15)11-17-7-10(18-11)8-1-3-9(4-2-8)19-6-5-16/h1-4,7H,5-6,16H2,(H,17,18). The van der Waals surface area contributed by atoms with Crippen LogP contribution in [0.4, 0.5) is 13.2 Å². The Morgan fingerprint density at radius 3 is 2.42 bits per heavy atom. The first kappa shape index (κ1) is 13.4. The Kier molecular flexibility index (Phi) is 3.75. The van der Waals surface area contributed by atoms with Crippen molar-refractivity contribution in [1.29, 1.82) is 0 Å². The molecule has 102 valence electrons. The fourth-order valence-electron chi connectivity index (χ4n) is 1.52. The summed E-state index contributed by atoms with van der Waals surface area (Å²) in [5.74, 6) is -0.393. The van der Waals surface area contributed by atoms with Gasteiger partial charge in [-0.05, 0) is 29.8 Å². The second-order valence-electron chi connectivity index (χ2n) is 3.80. The van der Waals surface area contributed by atoms with E-state index >= 15 is 0 Å². The van der Waals surface area contributed by atoms with Gasteiger partial charge in [0.05, 0.1) is 11.9 Å². The van der Waals surface area contributed by atoms with Crippen molar-refractivity contribution in [2.45, 2.75) is 6.18 Å². The third-order valence-electron chi connectivity index (χ3n) is 2.40. The molecule has 0 bridgehead atoms. The summed E-state index contributed by atoms with van der Waals surface area (Å²) in [7, 11) is 0. The molecule has 0 aliphatic carbocycles. The third kappa shape index (κ3) is 3.25. The first-order valence-electron chi connectivity index (χ1n) is 5.56. The first-order valence-corrected chi connectivity index (χ1v) is 5.56. The average Bonchev–Trinajstić information content (AvgIpc) is 2.86. The number of alkyl halides is 3. The highest BCUT2D eigenvalue weighted by Gasteiger charge is 2.34. The van der Waals surface area contributed by atoms with Gasteiger partial charge in [-0.2, -0.15) is 13.2 Å². The second-order valence-corrected chi connectivity index (χ2v) is 3.80. The zero-order chi connectivity index (χ0) is 13.9. The van der Waals surface area contributed by atoms with Crippen molar-refractivity contribution in [3.05, 3.63) is 36.3 Å². The fraction of sp³-hybridized carbons (Fsp3) is 0.250. The SMILES string of the molecule is NCCOc1ccc(-c2cnc(C(F)(F)F)[nH]2)cc1.